The van der Waals surface area contributed by atoms with Crippen molar-refractivity contribution >= 4 is 31.0 Å². The normalized spacial score (nSPS) is 39.1. The summed E-state index contributed by atoms with van der Waals surface area (Å²) in [5.74, 6) is 0.181. The van der Waals surface area contributed by atoms with Crippen molar-refractivity contribution in [1.82, 2.24) is 9.71 Å². The number of amides is 4. The van der Waals surface area contributed by atoms with Gasteiger partial charge < -0.3 is 4.81 Å². The summed E-state index contributed by atoms with van der Waals surface area (Å²) in [5.41, 5.74) is -0.423. The first-order valence-corrected chi connectivity index (χ1v) is 13.8. The Balaban J connectivity index is 1.39. The summed E-state index contributed by atoms with van der Waals surface area (Å²) >= 11 is 0. The van der Waals surface area contributed by atoms with Gasteiger partial charge in [0.1, 0.15) is 0 Å². The third-order valence-electron chi connectivity index (χ3n) is 11.5. The van der Waals surface area contributed by atoms with Crippen molar-refractivity contribution in [2.24, 2.45) is 47.3 Å². The highest BCUT2D eigenvalue weighted by atomic mass is 16.2. The van der Waals surface area contributed by atoms with Gasteiger partial charge in [-0.3, -0.25) is 24.1 Å². The molecule has 3 aliphatic carbocycles. The van der Waals surface area contributed by atoms with Crippen LogP contribution < -0.4 is 0 Å². The highest BCUT2D eigenvalue weighted by Crippen LogP contribution is 2.66. The standard InChI is InChI=1S/C27H41BN2O4/c1-7-26(5,8-2)28-30-24(33)20-16-13-17(21(20)25(30)34)15-12-19-18(11-14(15)16)22(31)29(23(19)32)27(6,9-3)10-4/h14-21,28H,7-13H2,1-6H3/t14?,15?,16-,17+,18-,19+,20-,21+. The highest BCUT2D eigenvalue weighted by Gasteiger charge is 2.70. The third kappa shape index (κ3) is 3.00. The lowest BCUT2D eigenvalue weighted by atomic mass is 9.57. The Labute approximate surface area is 204 Å². The predicted octanol–water partition coefficient (Wildman–Crippen LogP) is 3.79. The molecule has 5 aliphatic rings. The fourth-order valence-electron chi connectivity index (χ4n) is 8.51. The smallest absolute Gasteiger partial charge is 0.255 e. The molecular formula is C27H41BN2O4. The van der Waals surface area contributed by atoms with Gasteiger partial charge in [0, 0.05) is 5.54 Å². The van der Waals surface area contributed by atoms with Gasteiger partial charge in [0.25, 0.3) is 7.41 Å². The molecule has 3 saturated carbocycles. The van der Waals surface area contributed by atoms with Gasteiger partial charge in [0.05, 0.1) is 23.7 Å². The Morgan fingerprint density at radius 2 is 1.12 bits per heavy atom. The first-order chi connectivity index (χ1) is 16.1. The molecule has 186 valence electrons. The average molecular weight is 468 g/mol. The van der Waals surface area contributed by atoms with Crippen LogP contribution in [0.15, 0.2) is 0 Å². The van der Waals surface area contributed by atoms with E-state index in [2.05, 4.69) is 20.8 Å². The summed E-state index contributed by atoms with van der Waals surface area (Å²) in [5, 5.41) is -0.0414. The number of fused-ring (bicyclic) bond motifs is 9. The Hall–Kier alpha value is -1.66. The molecule has 2 unspecified atom stereocenters. The van der Waals surface area contributed by atoms with E-state index >= 15 is 0 Å². The molecule has 4 amide bonds. The summed E-state index contributed by atoms with van der Waals surface area (Å²) < 4.78 is 0. The maximum atomic E-state index is 13.6. The molecule has 34 heavy (non-hydrogen) atoms. The molecule has 0 aromatic heterocycles. The van der Waals surface area contributed by atoms with Crippen molar-refractivity contribution in [1.29, 1.82) is 0 Å². The number of likely N-dealkylation sites (tertiary alicyclic amines) is 1. The van der Waals surface area contributed by atoms with E-state index in [1.807, 2.05) is 20.8 Å². The van der Waals surface area contributed by atoms with Crippen LogP contribution in [-0.2, 0) is 19.2 Å². The minimum atomic E-state index is -0.423. The number of hydrogen-bond acceptors (Lipinski definition) is 4. The van der Waals surface area contributed by atoms with Gasteiger partial charge in [0.15, 0.2) is 0 Å². The zero-order chi connectivity index (χ0) is 24.7. The average Bonchev–Trinajstić information content (AvgIpc) is 3.54. The molecular weight excluding hydrogens is 427 g/mol. The van der Waals surface area contributed by atoms with E-state index in [9.17, 15) is 19.2 Å². The molecule has 5 rings (SSSR count). The van der Waals surface area contributed by atoms with Gasteiger partial charge in [-0.2, -0.15) is 0 Å². The van der Waals surface area contributed by atoms with E-state index in [-0.39, 0.29) is 64.5 Å². The monoisotopic (exact) mass is 468 g/mol. The second kappa shape index (κ2) is 7.93. The topological polar surface area (TPSA) is 74.8 Å². The van der Waals surface area contributed by atoms with E-state index < -0.39 is 5.54 Å². The van der Waals surface area contributed by atoms with Crippen LogP contribution in [0.25, 0.3) is 0 Å². The third-order valence-corrected chi connectivity index (χ3v) is 11.5. The minimum absolute atomic E-state index is 0.0103. The Bertz CT molecular complexity index is 872. The Morgan fingerprint density at radius 1 is 0.676 bits per heavy atom. The summed E-state index contributed by atoms with van der Waals surface area (Å²) in [7, 11) is 0.517. The fourth-order valence-corrected chi connectivity index (χ4v) is 8.51. The molecule has 0 spiro atoms. The molecule has 2 aliphatic heterocycles. The number of imide groups is 2. The van der Waals surface area contributed by atoms with E-state index in [1.54, 1.807) is 9.71 Å². The Kier molecular flexibility index (Phi) is 5.61. The molecule has 5 fully saturated rings. The number of nitrogens with zero attached hydrogens (tertiary/aromatic N) is 2. The number of hydrogen-bond donors (Lipinski definition) is 0. The molecule has 8 atom stereocenters. The molecule has 2 heterocycles. The van der Waals surface area contributed by atoms with Crippen molar-refractivity contribution in [3.63, 3.8) is 0 Å². The molecule has 2 bridgehead atoms. The molecule has 0 aromatic rings. The molecule has 6 nitrogen and oxygen atoms in total. The first kappa shape index (κ1) is 24.1. The summed E-state index contributed by atoms with van der Waals surface area (Å²) in [4.78, 5) is 57.3. The lowest BCUT2D eigenvalue weighted by Crippen LogP contribution is -2.49. The van der Waals surface area contributed by atoms with Gasteiger partial charge in [-0.25, -0.2) is 0 Å². The van der Waals surface area contributed by atoms with Crippen LogP contribution in [0.5, 0.6) is 0 Å². The van der Waals surface area contributed by atoms with Gasteiger partial charge in [-0.15, -0.1) is 0 Å². The second-order valence-corrected chi connectivity index (χ2v) is 12.6. The second-order valence-electron chi connectivity index (χ2n) is 12.6. The highest BCUT2D eigenvalue weighted by molar-refractivity contribution is 6.47. The van der Waals surface area contributed by atoms with Gasteiger partial charge in [0.2, 0.25) is 23.6 Å². The van der Waals surface area contributed by atoms with E-state index in [0.717, 1.165) is 32.1 Å². The zero-order valence-corrected chi connectivity index (χ0v) is 21.8. The fraction of sp³-hybridized carbons (Fsp3) is 0.852. The first-order valence-electron chi connectivity index (χ1n) is 13.8. The van der Waals surface area contributed by atoms with Crippen LogP contribution in [0, 0.1) is 47.3 Å². The van der Waals surface area contributed by atoms with Crippen molar-refractivity contribution in [2.45, 2.75) is 97.3 Å². The molecule has 0 aromatic carbocycles. The maximum Gasteiger partial charge on any atom is 0.255 e. The maximum absolute atomic E-state index is 13.6. The zero-order valence-electron chi connectivity index (χ0n) is 21.8. The SMILES string of the molecule is CCC(C)(BN1C(=O)[C@@H]2[C@H](C1=O)[C@@H]1C[C@H]2C2C[C@@H]3C(=O)N(C(C)(CC)CC)C(=O)[C@@H]3CC21)CC. The van der Waals surface area contributed by atoms with Crippen molar-refractivity contribution in [3.8, 4) is 0 Å². The summed E-state index contributed by atoms with van der Waals surface area (Å²) in [6.45, 7) is 12.6. The molecule has 2 saturated heterocycles. The van der Waals surface area contributed by atoms with E-state index in [4.69, 9.17) is 0 Å². The molecule has 7 heteroatoms. The summed E-state index contributed by atoms with van der Waals surface area (Å²) in [6.07, 6.45) is 5.74. The molecule has 0 radical (unpaired) electrons. The van der Waals surface area contributed by atoms with Crippen LogP contribution in [0.2, 0.25) is 5.31 Å². The van der Waals surface area contributed by atoms with Gasteiger partial charge >= 0.3 is 0 Å². The van der Waals surface area contributed by atoms with E-state index in [0.29, 0.717) is 32.1 Å². The lowest BCUT2D eigenvalue weighted by molar-refractivity contribution is -0.147. The van der Waals surface area contributed by atoms with Gasteiger partial charge in [-0.05, 0) is 68.0 Å². The number of carbonyl (C=O) groups excluding carboxylic acids is 4. The van der Waals surface area contributed by atoms with Crippen LogP contribution in [0.3, 0.4) is 0 Å². The number of rotatable bonds is 7. The predicted molar refractivity (Wildman–Crippen MR) is 131 cm³/mol. The lowest BCUT2D eigenvalue weighted by Gasteiger charge is -2.42. The molecule has 0 N–H and O–H groups in total. The summed E-state index contributed by atoms with van der Waals surface area (Å²) in [6, 6.07) is 0. The van der Waals surface area contributed by atoms with Gasteiger partial charge in [-0.1, -0.05) is 47.5 Å². The minimum Gasteiger partial charge on any atom is -0.332 e. The van der Waals surface area contributed by atoms with Crippen LogP contribution in [-0.4, -0.2) is 46.3 Å². The van der Waals surface area contributed by atoms with E-state index in [1.165, 1.54) is 0 Å². The largest absolute Gasteiger partial charge is 0.332 e. The van der Waals surface area contributed by atoms with Crippen LogP contribution >= 0.6 is 0 Å². The Morgan fingerprint density at radius 3 is 1.50 bits per heavy atom. The van der Waals surface area contributed by atoms with Crippen molar-refractivity contribution < 1.29 is 19.2 Å². The van der Waals surface area contributed by atoms with Crippen LogP contribution in [0.1, 0.15) is 86.5 Å². The van der Waals surface area contributed by atoms with Crippen molar-refractivity contribution in [2.75, 3.05) is 0 Å². The quantitative estimate of drug-likeness (QED) is 0.421. The van der Waals surface area contributed by atoms with Crippen molar-refractivity contribution in [3.05, 3.63) is 0 Å². The van der Waals surface area contributed by atoms with Crippen LogP contribution in [0.4, 0.5) is 0 Å². The number of carbonyl (C=O) groups is 4.